The van der Waals surface area contributed by atoms with Gasteiger partial charge in [-0.05, 0) is 41.1 Å². The first-order valence-corrected chi connectivity index (χ1v) is 10.3. The molecule has 142 valence electrons. The molecule has 3 aromatic rings. The smallest absolute Gasteiger partial charge is 0.251 e. The quantitative estimate of drug-likeness (QED) is 0.710. The number of nitrogens with one attached hydrogen (secondary N) is 1. The van der Waals surface area contributed by atoms with Crippen LogP contribution >= 0.6 is 11.3 Å². The number of carbonyl (C=O) groups is 2. The van der Waals surface area contributed by atoms with E-state index in [1.54, 1.807) is 23.5 Å². The van der Waals surface area contributed by atoms with Crippen LogP contribution in [-0.4, -0.2) is 23.3 Å². The van der Waals surface area contributed by atoms with Gasteiger partial charge in [0.25, 0.3) is 5.91 Å². The van der Waals surface area contributed by atoms with E-state index in [0.717, 1.165) is 18.5 Å². The summed E-state index contributed by atoms with van der Waals surface area (Å²) < 4.78 is 0. The molecule has 0 saturated heterocycles. The van der Waals surface area contributed by atoms with Crippen LogP contribution in [0.15, 0.2) is 72.1 Å². The lowest BCUT2D eigenvalue weighted by molar-refractivity contribution is -0.132. The van der Waals surface area contributed by atoms with Crippen LogP contribution in [0.4, 0.5) is 0 Å². The highest BCUT2D eigenvalue weighted by Crippen LogP contribution is 2.26. The standard InChI is InChI=1S/C23H22N2O2S/c26-22(25-13-11-21-19(16-25)12-14-28-21)15-20(17-7-3-1-4-8-17)24-23(27)18-9-5-2-6-10-18/h1-10,12,14,20H,11,13,15-16H2,(H,24,27). The number of fused-ring (bicyclic) bond motifs is 1. The maximum atomic E-state index is 13.0. The Hall–Kier alpha value is -2.92. The van der Waals surface area contributed by atoms with E-state index in [9.17, 15) is 9.59 Å². The zero-order chi connectivity index (χ0) is 19.3. The first-order valence-electron chi connectivity index (χ1n) is 9.44. The molecule has 0 bridgehead atoms. The van der Waals surface area contributed by atoms with Crippen LogP contribution < -0.4 is 5.32 Å². The zero-order valence-electron chi connectivity index (χ0n) is 15.5. The van der Waals surface area contributed by atoms with Crippen molar-refractivity contribution in [2.45, 2.75) is 25.4 Å². The summed E-state index contributed by atoms with van der Waals surface area (Å²) in [5, 5.41) is 5.14. The second-order valence-electron chi connectivity index (χ2n) is 6.94. The molecule has 1 atom stereocenters. The summed E-state index contributed by atoms with van der Waals surface area (Å²) in [5.41, 5.74) is 2.78. The van der Waals surface area contributed by atoms with Crippen molar-refractivity contribution in [2.75, 3.05) is 6.54 Å². The highest BCUT2D eigenvalue weighted by molar-refractivity contribution is 7.10. The second-order valence-corrected chi connectivity index (χ2v) is 7.94. The van der Waals surface area contributed by atoms with E-state index in [0.29, 0.717) is 12.1 Å². The summed E-state index contributed by atoms with van der Waals surface area (Å²) in [6.45, 7) is 1.40. The van der Waals surface area contributed by atoms with Gasteiger partial charge < -0.3 is 10.2 Å². The van der Waals surface area contributed by atoms with Crippen LogP contribution in [0.25, 0.3) is 0 Å². The number of amides is 2. The number of thiophene rings is 1. The van der Waals surface area contributed by atoms with Gasteiger partial charge in [0.1, 0.15) is 0 Å². The second kappa shape index (κ2) is 8.40. The summed E-state index contributed by atoms with van der Waals surface area (Å²) in [6.07, 6.45) is 1.16. The van der Waals surface area contributed by atoms with Crippen molar-refractivity contribution >= 4 is 23.2 Å². The predicted octanol–water partition coefficient (Wildman–Crippen LogP) is 4.19. The Balaban J connectivity index is 1.49. The van der Waals surface area contributed by atoms with E-state index in [1.807, 2.05) is 53.4 Å². The van der Waals surface area contributed by atoms with Gasteiger partial charge in [-0.15, -0.1) is 11.3 Å². The molecular weight excluding hydrogens is 368 g/mol. The van der Waals surface area contributed by atoms with E-state index in [4.69, 9.17) is 0 Å². The van der Waals surface area contributed by atoms with E-state index in [1.165, 1.54) is 10.4 Å². The predicted molar refractivity (Wildman–Crippen MR) is 111 cm³/mol. The first-order chi connectivity index (χ1) is 13.7. The third kappa shape index (κ3) is 4.15. The van der Waals surface area contributed by atoms with Gasteiger partial charge in [0.15, 0.2) is 0 Å². The normalized spacial score (nSPS) is 14.2. The number of hydrogen-bond donors (Lipinski definition) is 1. The Kier molecular flexibility index (Phi) is 5.53. The van der Waals surface area contributed by atoms with Crippen molar-refractivity contribution in [3.63, 3.8) is 0 Å². The van der Waals surface area contributed by atoms with Crippen LogP contribution in [0.5, 0.6) is 0 Å². The van der Waals surface area contributed by atoms with Gasteiger partial charge >= 0.3 is 0 Å². The van der Waals surface area contributed by atoms with Crippen LogP contribution in [0.1, 0.15) is 38.8 Å². The van der Waals surface area contributed by atoms with Gasteiger partial charge in [0.05, 0.1) is 12.5 Å². The maximum Gasteiger partial charge on any atom is 0.251 e. The SMILES string of the molecule is O=C(NC(CC(=O)N1CCc2sccc2C1)c1ccccc1)c1ccccc1. The number of carbonyl (C=O) groups excluding carboxylic acids is 2. The Morgan fingerprint density at radius 1 is 1.00 bits per heavy atom. The van der Waals surface area contributed by atoms with E-state index in [-0.39, 0.29) is 24.3 Å². The molecule has 5 heteroatoms. The van der Waals surface area contributed by atoms with Crippen molar-refractivity contribution in [2.24, 2.45) is 0 Å². The van der Waals surface area contributed by atoms with Crippen LogP contribution in [0, 0.1) is 0 Å². The fourth-order valence-corrected chi connectivity index (χ4v) is 4.42. The molecule has 4 nitrogen and oxygen atoms in total. The molecule has 28 heavy (non-hydrogen) atoms. The minimum atomic E-state index is -0.356. The Morgan fingerprint density at radius 3 is 2.46 bits per heavy atom. The lowest BCUT2D eigenvalue weighted by atomic mass is 10.0. The lowest BCUT2D eigenvalue weighted by Gasteiger charge is -2.29. The van der Waals surface area contributed by atoms with Gasteiger partial charge in [0.2, 0.25) is 5.91 Å². The van der Waals surface area contributed by atoms with Crippen molar-refractivity contribution in [3.8, 4) is 0 Å². The summed E-state index contributed by atoms with van der Waals surface area (Å²) in [5.74, 6) is -0.0971. The largest absolute Gasteiger partial charge is 0.345 e. The molecule has 1 aliphatic heterocycles. The first kappa shape index (κ1) is 18.4. The zero-order valence-corrected chi connectivity index (χ0v) is 16.3. The molecule has 4 rings (SSSR count). The van der Waals surface area contributed by atoms with E-state index < -0.39 is 0 Å². The van der Waals surface area contributed by atoms with Crippen molar-refractivity contribution < 1.29 is 9.59 Å². The molecule has 1 aliphatic rings. The molecule has 0 spiro atoms. The summed E-state index contributed by atoms with van der Waals surface area (Å²) in [6, 6.07) is 20.6. The Morgan fingerprint density at radius 2 is 1.71 bits per heavy atom. The molecular formula is C23H22N2O2S. The van der Waals surface area contributed by atoms with Gasteiger partial charge in [0, 0.05) is 23.5 Å². The number of rotatable bonds is 5. The Labute approximate surface area is 168 Å². The third-order valence-corrected chi connectivity index (χ3v) is 6.11. The molecule has 1 aromatic heterocycles. The maximum absolute atomic E-state index is 13.0. The van der Waals surface area contributed by atoms with Gasteiger partial charge in [-0.3, -0.25) is 9.59 Å². The Bertz CT molecular complexity index is 953. The third-order valence-electron chi connectivity index (χ3n) is 5.08. The molecule has 0 saturated carbocycles. The topological polar surface area (TPSA) is 49.4 Å². The number of nitrogens with zero attached hydrogens (tertiary/aromatic N) is 1. The fraction of sp³-hybridized carbons (Fsp3) is 0.217. The number of benzene rings is 2. The van der Waals surface area contributed by atoms with E-state index in [2.05, 4.69) is 16.8 Å². The minimum Gasteiger partial charge on any atom is -0.345 e. The summed E-state index contributed by atoms with van der Waals surface area (Å²) in [7, 11) is 0. The molecule has 0 radical (unpaired) electrons. The number of hydrogen-bond acceptors (Lipinski definition) is 3. The monoisotopic (exact) mass is 390 g/mol. The average Bonchev–Trinajstić information content (AvgIpc) is 3.22. The van der Waals surface area contributed by atoms with Crippen molar-refractivity contribution in [1.29, 1.82) is 0 Å². The average molecular weight is 391 g/mol. The van der Waals surface area contributed by atoms with Crippen LogP contribution in [-0.2, 0) is 17.8 Å². The molecule has 0 aliphatic carbocycles. The molecule has 2 aromatic carbocycles. The fourth-order valence-electron chi connectivity index (χ4n) is 3.53. The van der Waals surface area contributed by atoms with Crippen molar-refractivity contribution in [1.82, 2.24) is 10.2 Å². The highest BCUT2D eigenvalue weighted by Gasteiger charge is 2.25. The van der Waals surface area contributed by atoms with Crippen LogP contribution in [0.3, 0.4) is 0 Å². The van der Waals surface area contributed by atoms with Gasteiger partial charge in [-0.25, -0.2) is 0 Å². The van der Waals surface area contributed by atoms with Gasteiger partial charge in [-0.1, -0.05) is 48.5 Å². The molecule has 1 N–H and O–H groups in total. The van der Waals surface area contributed by atoms with Crippen molar-refractivity contribution in [3.05, 3.63) is 93.7 Å². The minimum absolute atomic E-state index is 0.0686. The summed E-state index contributed by atoms with van der Waals surface area (Å²) in [4.78, 5) is 29.0. The summed E-state index contributed by atoms with van der Waals surface area (Å²) >= 11 is 1.76. The molecule has 1 unspecified atom stereocenters. The molecule has 0 fully saturated rings. The molecule has 2 heterocycles. The van der Waals surface area contributed by atoms with E-state index >= 15 is 0 Å². The lowest BCUT2D eigenvalue weighted by Crippen LogP contribution is -2.38. The molecule has 2 amide bonds. The van der Waals surface area contributed by atoms with Crippen LogP contribution in [0.2, 0.25) is 0 Å². The van der Waals surface area contributed by atoms with Gasteiger partial charge in [-0.2, -0.15) is 0 Å². The highest BCUT2D eigenvalue weighted by atomic mass is 32.1.